The van der Waals surface area contributed by atoms with Crippen molar-refractivity contribution >= 4 is 17.8 Å². The SMILES string of the molecule is COC(=O)C1CCN(C(=O)CCC2CNC(=O)C3C(CCN3CC(C)(C)C)N2C)CC1. The maximum Gasteiger partial charge on any atom is 0.308 e. The molecule has 3 fully saturated rings. The summed E-state index contributed by atoms with van der Waals surface area (Å²) in [6.07, 6.45) is 3.53. The summed E-state index contributed by atoms with van der Waals surface area (Å²) in [6, 6.07) is 0.244. The number of esters is 1. The van der Waals surface area contributed by atoms with Crippen LogP contribution >= 0.6 is 0 Å². The zero-order chi connectivity index (χ0) is 22.8. The maximum absolute atomic E-state index is 12.9. The third-order valence-corrected chi connectivity index (χ3v) is 7.10. The van der Waals surface area contributed by atoms with Gasteiger partial charge < -0.3 is 15.0 Å². The van der Waals surface area contributed by atoms with Gasteiger partial charge in [-0.05, 0) is 38.1 Å². The number of carbonyl (C=O) groups excluding carboxylic acids is 3. The molecule has 8 heteroatoms. The molecule has 0 aromatic carbocycles. The number of hydrogen-bond acceptors (Lipinski definition) is 6. The van der Waals surface area contributed by atoms with Crippen molar-refractivity contribution in [1.29, 1.82) is 0 Å². The van der Waals surface area contributed by atoms with E-state index in [1.165, 1.54) is 7.11 Å². The molecule has 3 aliphatic heterocycles. The number of likely N-dealkylation sites (N-methyl/N-ethyl adjacent to an activating group) is 1. The van der Waals surface area contributed by atoms with Gasteiger partial charge in [-0.2, -0.15) is 0 Å². The molecule has 0 radical (unpaired) electrons. The van der Waals surface area contributed by atoms with Crippen molar-refractivity contribution in [3.05, 3.63) is 0 Å². The van der Waals surface area contributed by atoms with Gasteiger partial charge in [0.05, 0.1) is 13.0 Å². The van der Waals surface area contributed by atoms with Crippen LogP contribution in [0.15, 0.2) is 0 Å². The zero-order valence-corrected chi connectivity index (χ0v) is 19.9. The number of ether oxygens (including phenoxy) is 1. The molecule has 0 aromatic rings. The highest BCUT2D eigenvalue weighted by atomic mass is 16.5. The van der Waals surface area contributed by atoms with E-state index in [-0.39, 0.29) is 47.2 Å². The second kappa shape index (κ2) is 9.86. The van der Waals surface area contributed by atoms with Gasteiger partial charge in [-0.15, -0.1) is 0 Å². The number of methoxy groups -OCH3 is 1. The number of nitrogens with one attached hydrogen (secondary N) is 1. The first-order valence-corrected chi connectivity index (χ1v) is 11.7. The Kier molecular flexibility index (Phi) is 7.63. The van der Waals surface area contributed by atoms with E-state index in [1.54, 1.807) is 0 Å². The summed E-state index contributed by atoms with van der Waals surface area (Å²) in [6.45, 7) is 10.3. The average molecular weight is 437 g/mol. The topological polar surface area (TPSA) is 82.2 Å². The van der Waals surface area contributed by atoms with Gasteiger partial charge in [0.1, 0.15) is 6.04 Å². The predicted octanol–water partition coefficient (Wildman–Crippen LogP) is 1.10. The van der Waals surface area contributed by atoms with E-state index in [2.05, 4.69) is 42.9 Å². The van der Waals surface area contributed by atoms with E-state index >= 15 is 0 Å². The highest BCUT2D eigenvalue weighted by Gasteiger charge is 2.45. The first-order chi connectivity index (χ1) is 14.6. The Morgan fingerprint density at radius 2 is 1.81 bits per heavy atom. The summed E-state index contributed by atoms with van der Waals surface area (Å²) < 4.78 is 4.83. The fourth-order valence-corrected chi connectivity index (χ4v) is 5.41. The Balaban J connectivity index is 1.53. The van der Waals surface area contributed by atoms with Crippen LogP contribution in [0.2, 0.25) is 0 Å². The molecular formula is C23H40N4O4. The van der Waals surface area contributed by atoms with Crippen LogP contribution in [0.3, 0.4) is 0 Å². The summed E-state index contributed by atoms with van der Waals surface area (Å²) in [5.41, 5.74) is 0.146. The largest absolute Gasteiger partial charge is 0.469 e. The molecule has 3 unspecified atom stereocenters. The number of rotatable bonds is 5. The molecule has 8 nitrogen and oxygen atoms in total. The van der Waals surface area contributed by atoms with Crippen LogP contribution in [-0.2, 0) is 19.1 Å². The Morgan fingerprint density at radius 3 is 2.42 bits per heavy atom. The molecule has 0 spiro atoms. The van der Waals surface area contributed by atoms with Crippen molar-refractivity contribution < 1.29 is 19.1 Å². The van der Waals surface area contributed by atoms with Gasteiger partial charge >= 0.3 is 5.97 Å². The number of piperidine rings is 1. The molecule has 3 atom stereocenters. The third kappa shape index (κ3) is 5.77. The second-order valence-corrected chi connectivity index (χ2v) is 10.6. The lowest BCUT2D eigenvalue weighted by Gasteiger charge is -2.35. The molecular weight excluding hydrogens is 396 g/mol. The van der Waals surface area contributed by atoms with E-state index in [0.717, 1.165) is 25.9 Å². The first kappa shape index (κ1) is 24.0. The van der Waals surface area contributed by atoms with Crippen molar-refractivity contribution in [3.63, 3.8) is 0 Å². The number of likely N-dealkylation sites (tertiary alicyclic amines) is 2. The van der Waals surface area contributed by atoms with Crippen LogP contribution in [0.25, 0.3) is 0 Å². The van der Waals surface area contributed by atoms with Gasteiger partial charge in [0, 0.05) is 51.2 Å². The summed E-state index contributed by atoms with van der Waals surface area (Å²) in [4.78, 5) is 43.9. The van der Waals surface area contributed by atoms with Gasteiger partial charge in [-0.1, -0.05) is 20.8 Å². The summed E-state index contributed by atoms with van der Waals surface area (Å²) in [7, 11) is 3.52. The van der Waals surface area contributed by atoms with Crippen LogP contribution in [0.4, 0.5) is 0 Å². The molecule has 3 heterocycles. The quantitative estimate of drug-likeness (QED) is 0.650. The number of hydrogen-bond donors (Lipinski definition) is 1. The highest BCUT2D eigenvalue weighted by molar-refractivity contribution is 5.83. The lowest BCUT2D eigenvalue weighted by molar-refractivity contribution is -0.149. The van der Waals surface area contributed by atoms with E-state index in [4.69, 9.17) is 4.74 Å². The molecule has 0 bridgehead atoms. The van der Waals surface area contributed by atoms with Crippen LogP contribution in [0.1, 0.15) is 52.9 Å². The van der Waals surface area contributed by atoms with E-state index in [9.17, 15) is 14.4 Å². The van der Waals surface area contributed by atoms with Crippen molar-refractivity contribution in [3.8, 4) is 0 Å². The molecule has 176 valence electrons. The Morgan fingerprint density at radius 1 is 1.13 bits per heavy atom. The fraction of sp³-hybridized carbons (Fsp3) is 0.870. The lowest BCUT2D eigenvalue weighted by atomic mass is 9.95. The van der Waals surface area contributed by atoms with Crippen molar-refractivity contribution in [2.45, 2.75) is 71.0 Å². The van der Waals surface area contributed by atoms with Crippen LogP contribution in [0.5, 0.6) is 0 Å². The first-order valence-electron chi connectivity index (χ1n) is 11.7. The minimum Gasteiger partial charge on any atom is -0.469 e. The molecule has 0 aliphatic carbocycles. The normalized spacial score (nSPS) is 28.7. The van der Waals surface area contributed by atoms with Crippen LogP contribution in [0, 0.1) is 11.3 Å². The minimum absolute atomic E-state index is 0.0902. The Labute approximate surface area is 186 Å². The van der Waals surface area contributed by atoms with E-state index in [1.807, 2.05) is 4.90 Å². The number of amides is 2. The fourth-order valence-electron chi connectivity index (χ4n) is 5.41. The highest BCUT2D eigenvalue weighted by Crippen LogP contribution is 2.30. The van der Waals surface area contributed by atoms with Gasteiger partial charge in [0.25, 0.3) is 0 Å². The minimum atomic E-state index is -0.172. The molecule has 31 heavy (non-hydrogen) atoms. The van der Waals surface area contributed by atoms with Gasteiger partial charge in [-0.3, -0.25) is 24.2 Å². The monoisotopic (exact) mass is 436 g/mol. The number of nitrogens with zero attached hydrogens (tertiary/aromatic N) is 3. The predicted molar refractivity (Wildman–Crippen MR) is 118 cm³/mol. The zero-order valence-electron chi connectivity index (χ0n) is 19.9. The molecule has 3 aliphatic rings. The smallest absolute Gasteiger partial charge is 0.308 e. The second-order valence-electron chi connectivity index (χ2n) is 10.6. The van der Waals surface area contributed by atoms with Gasteiger partial charge in [0.15, 0.2) is 0 Å². The Hall–Kier alpha value is -1.67. The molecule has 3 saturated heterocycles. The van der Waals surface area contributed by atoms with E-state index < -0.39 is 0 Å². The lowest BCUT2D eigenvalue weighted by Crippen LogP contribution is -2.51. The summed E-state index contributed by atoms with van der Waals surface area (Å²) in [5, 5.41) is 3.14. The number of carbonyl (C=O) groups is 3. The van der Waals surface area contributed by atoms with Gasteiger partial charge in [-0.25, -0.2) is 0 Å². The molecule has 3 rings (SSSR count). The van der Waals surface area contributed by atoms with Crippen molar-refractivity contribution in [2.24, 2.45) is 11.3 Å². The van der Waals surface area contributed by atoms with Crippen molar-refractivity contribution in [1.82, 2.24) is 20.0 Å². The summed E-state index contributed by atoms with van der Waals surface area (Å²) in [5.74, 6) is 0.00377. The van der Waals surface area contributed by atoms with Crippen LogP contribution in [-0.4, -0.2) is 97.5 Å². The van der Waals surface area contributed by atoms with E-state index in [0.29, 0.717) is 38.9 Å². The molecule has 2 amide bonds. The number of fused-ring (bicyclic) bond motifs is 1. The van der Waals surface area contributed by atoms with Crippen LogP contribution < -0.4 is 5.32 Å². The third-order valence-electron chi connectivity index (χ3n) is 7.10. The van der Waals surface area contributed by atoms with Gasteiger partial charge in [0.2, 0.25) is 11.8 Å². The molecule has 0 aromatic heterocycles. The average Bonchev–Trinajstić information content (AvgIpc) is 3.09. The Bertz CT molecular complexity index is 669. The maximum atomic E-state index is 12.9. The standard InChI is InChI=1S/C23H40N4O4/c1-23(2,3)15-27-13-10-18-20(27)21(29)24-14-17(25(18)4)6-7-19(28)26-11-8-16(9-12-26)22(30)31-5/h16-18,20H,6-15H2,1-5H3,(H,24,29). The molecule has 0 saturated carbocycles. The summed E-state index contributed by atoms with van der Waals surface area (Å²) >= 11 is 0. The molecule has 1 N–H and O–H groups in total. The van der Waals surface area contributed by atoms with Crippen molar-refractivity contribution in [2.75, 3.05) is 46.9 Å².